The topological polar surface area (TPSA) is 130 Å². The van der Waals surface area contributed by atoms with Gasteiger partial charge in [-0.15, -0.1) is 0 Å². The van der Waals surface area contributed by atoms with Gasteiger partial charge < -0.3 is 4.74 Å². The van der Waals surface area contributed by atoms with E-state index >= 15 is 0 Å². The Morgan fingerprint density at radius 1 is 0.761 bits per heavy atom. The fraction of sp³-hybridized carbons (Fsp3) is 0.259. The summed E-state index contributed by atoms with van der Waals surface area (Å²) in [6.45, 7) is 0. The predicted octanol–water partition coefficient (Wildman–Crippen LogP) is 7.97. The number of alkyl halides is 9. The lowest BCUT2D eigenvalue weighted by molar-refractivity contribution is -0.385. The first-order valence-electron chi connectivity index (χ1n) is 12.2. The van der Waals surface area contributed by atoms with Crippen LogP contribution in [0.2, 0.25) is 5.02 Å². The van der Waals surface area contributed by atoms with E-state index in [4.69, 9.17) is 11.6 Å². The highest BCUT2D eigenvalue weighted by Gasteiger charge is 2.38. The Kier molecular flexibility index (Phi) is 11.9. The molecule has 0 amide bonds. The van der Waals surface area contributed by atoms with Crippen LogP contribution in [-0.4, -0.2) is 28.7 Å². The number of ether oxygens (including phenoxy) is 1. The zero-order valence-electron chi connectivity index (χ0n) is 22.8. The second kappa shape index (κ2) is 14.6. The predicted molar refractivity (Wildman–Crippen MR) is 141 cm³/mol. The van der Waals surface area contributed by atoms with E-state index in [1.165, 1.54) is 6.07 Å². The lowest BCUT2D eigenvalue weighted by Crippen LogP contribution is -2.15. The van der Waals surface area contributed by atoms with Crippen LogP contribution in [0, 0.1) is 20.2 Å². The first-order chi connectivity index (χ1) is 21.1. The summed E-state index contributed by atoms with van der Waals surface area (Å²) in [5.41, 5.74) is -4.59. The van der Waals surface area contributed by atoms with Gasteiger partial charge in [0.05, 0.1) is 45.6 Å². The normalized spacial score (nSPS) is 12.6. The molecular formula is C27H18ClF9N2O7. The highest BCUT2D eigenvalue weighted by molar-refractivity contribution is 6.33. The first kappa shape index (κ1) is 37.4. The van der Waals surface area contributed by atoms with E-state index < -0.39 is 79.4 Å². The molecule has 0 saturated heterocycles. The van der Waals surface area contributed by atoms with Gasteiger partial charge in [-0.3, -0.25) is 29.8 Å². The van der Waals surface area contributed by atoms with Crippen LogP contribution >= 0.6 is 11.6 Å². The van der Waals surface area contributed by atoms with Gasteiger partial charge in [0.2, 0.25) is 0 Å². The van der Waals surface area contributed by atoms with Crippen LogP contribution in [0.4, 0.5) is 50.9 Å². The van der Waals surface area contributed by atoms with Crippen molar-refractivity contribution in [2.75, 3.05) is 7.11 Å². The number of nitro groups is 2. The number of hydrogen-bond donors (Lipinski definition) is 0. The molecule has 1 aliphatic rings. The van der Waals surface area contributed by atoms with Crippen molar-refractivity contribution in [2.45, 2.75) is 37.8 Å². The van der Waals surface area contributed by atoms with Crippen LogP contribution in [0.25, 0.3) is 0 Å². The van der Waals surface area contributed by atoms with Crippen molar-refractivity contribution in [1.82, 2.24) is 0 Å². The maximum absolute atomic E-state index is 12.7. The molecule has 9 nitrogen and oxygen atoms in total. The Labute approximate surface area is 256 Å². The summed E-state index contributed by atoms with van der Waals surface area (Å²) < 4.78 is 116. The van der Waals surface area contributed by atoms with E-state index in [-0.39, 0.29) is 24.2 Å². The van der Waals surface area contributed by atoms with Crippen molar-refractivity contribution in [3.63, 3.8) is 0 Å². The number of nitro benzene ring substituents is 2. The average molecular weight is 689 g/mol. The molecule has 0 N–H and O–H groups in total. The summed E-state index contributed by atoms with van der Waals surface area (Å²) in [6, 6.07) is 9.01. The number of benzene rings is 3. The maximum Gasteiger partial charge on any atom is 0.418 e. The Bertz CT molecular complexity index is 1640. The second-order valence-electron chi connectivity index (χ2n) is 9.04. The third-order valence-corrected chi connectivity index (χ3v) is 6.42. The monoisotopic (exact) mass is 688 g/mol. The van der Waals surface area contributed by atoms with Crippen molar-refractivity contribution in [1.29, 1.82) is 0 Å². The first-order valence-corrected chi connectivity index (χ1v) is 12.6. The van der Waals surface area contributed by atoms with Crippen LogP contribution in [-0.2, 0) is 52.1 Å². The minimum Gasteiger partial charge on any atom is -0.469 e. The molecule has 0 spiro atoms. The zero-order valence-corrected chi connectivity index (χ0v) is 23.6. The zero-order chi connectivity index (χ0) is 35.2. The number of Topliss-reactive ketones (excluding diaryl/α,β-unsaturated/α-hetero) is 1. The van der Waals surface area contributed by atoms with E-state index in [0.717, 1.165) is 37.4 Å². The molecule has 3 aromatic carbocycles. The summed E-state index contributed by atoms with van der Waals surface area (Å²) in [5, 5.41) is 20.0. The quantitative estimate of drug-likeness (QED) is 0.118. The average Bonchev–Trinajstić information content (AvgIpc) is 3.32. The van der Waals surface area contributed by atoms with Gasteiger partial charge in [-0.25, -0.2) is 0 Å². The molecule has 0 saturated carbocycles. The third kappa shape index (κ3) is 9.63. The number of methoxy groups -OCH3 is 1. The fourth-order valence-electron chi connectivity index (χ4n) is 4.04. The minimum absolute atomic E-state index is 0.0784. The van der Waals surface area contributed by atoms with Crippen LogP contribution in [0.5, 0.6) is 0 Å². The summed E-state index contributed by atoms with van der Waals surface area (Å²) in [6.07, 6.45) is -14.5. The van der Waals surface area contributed by atoms with Crippen LogP contribution in [0.3, 0.4) is 0 Å². The Morgan fingerprint density at radius 2 is 1.22 bits per heavy atom. The van der Waals surface area contributed by atoms with Crippen LogP contribution < -0.4 is 0 Å². The van der Waals surface area contributed by atoms with Gasteiger partial charge in [-0.05, 0) is 29.3 Å². The highest BCUT2D eigenvalue weighted by atomic mass is 35.5. The second-order valence-corrected chi connectivity index (χ2v) is 9.42. The van der Waals surface area contributed by atoms with Gasteiger partial charge in [0, 0.05) is 25.0 Å². The van der Waals surface area contributed by atoms with Crippen molar-refractivity contribution >= 4 is 34.7 Å². The Balaban J connectivity index is 0.000000243. The van der Waals surface area contributed by atoms with Crippen molar-refractivity contribution in [3.05, 3.63) is 113 Å². The number of carbonyl (C=O) groups is 2. The van der Waals surface area contributed by atoms with Crippen molar-refractivity contribution in [2.24, 2.45) is 0 Å². The summed E-state index contributed by atoms with van der Waals surface area (Å²) in [4.78, 5) is 41.0. The van der Waals surface area contributed by atoms with E-state index in [0.29, 0.717) is 17.7 Å². The molecule has 0 atom stereocenters. The third-order valence-electron chi connectivity index (χ3n) is 6.02. The molecule has 0 bridgehead atoms. The molecule has 4 rings (SSSR count). The largest absolute Gasteiger partial charge is 0.469 e. The van der Waals surface area contributed by atoms with Crippen molar-refractivity contribution < 1.29 is 63.7 Å². The smallest absolute Gasteiger partial charge is 0.418 e. The molecule has 1 aliphatic carbocycles. The lowest BCUT2D eigenvalue weighted by atomic mass is 10.0. The summed E-state index contributed by atoms with van der Waals surface area (Å²) >= 11 is 5.23. The van der Waals surface area contributed by atoms with Gasteiger partial charge in [0.25, 0.3) is 11.4 Å². The number of halogens is 10. The number of ketones is 1. The van der Waals surface area contributed by atoms with E-state index in [1.807, 2.05) is 0 Å². The lowest BCUT2D eigenvalue weighted by Gasteiger charge is -2.12. The van der Waals surface area contributed by atoms with Gasteiger partial charge >= 0.3 is 24.5 Å². The van der Waals surface area contributed by atoms with E-state index in [1.54, 1.807) is 6.07 Å². The number of hydrogen-bond acceptors (Lipinski definition) is 7. The Morgan fingerprint density at radius 3 is 1.70 bits per heavy atom. The number of fused-ring (bicyclic) bond motifs is 1. The van der Waals surface area contributed by atoms with E-state index in [2.05, 4.69) is 4.74 Å². The Hall–Kier alpha value is -4.74. The number of nitrogens with zero attached hydrogens (tertiary/aromatic N) is 2. The van der Waals surface area contributed by atoms with Gasteiger partial charge in [-0.2, -0.15) is 39.5 Å². The fourth-order valence-corrected chi connectivity index (χ4v) is 4.34. The van der Waals surface area contributed by atoms with Gasteiger partial charge in [0.1, 0.15) is 10.8 Å². The molecule has 46 heavy (non-hydrogen) atoms. The molecule has 248 valence electrons. The molecule has 19 heteroatoms. The molecular weight excluding hydrogens is 671 g/mol. The standard InChI is InChI=1S/C10H8F3NO4.C10H7F3O.C7H3ClF3NO2/c1-18-9(15)5-6-7(10(11,12)13)3-2-4-8(6)14(16)17;11-10(12,13)9-3-1-2-6-4-7(14)5-8(6)9;8-6-4(7(9,10)11)2-1-3-5(6)12(13)14/h2-4H,5H2,1H3;1-3H,4-5H2;1-3H. The number of carbonyl (C=O) groups excluding carboxylic acids is 2. The minimum atomic E-state index is -4.77. The molecule has 0 heterocycles. The highest BCUT2D eigenvalue weighted by Crippen LogP contribution is 2.39. The molecule has 0 aromatic heterocycles. The summed E-state index contributed by atoms with van der Waals surface area (Å²) in [7, 11) is 0.990. The summed E-state index contributed by atoms with van der Waals surface area (Å²) in [5.74, 6) is -1.12. The SMILES string of the molecule is COC(=O)Cc1c([N+](=O)[O-])cccc1C(F)(F)F.O=C1Cc2cccc(C(F)(F)F)c2C1.O=[N+]([O-])c1cccc(C(F)(F)F)c1Cl. The maximum atomic E-state index is 12.7. The van der Waals surface area contributed by atoms with Crippen LogP contribution in [0.15, 0.2) is 54.6 Å². The van der Waals surface area contributed by atoms with Gasteiger partial charge in [-0.1, -0.05) is 35.9 Å². The van der Waals surface area contributed by atoms with Crippen molar-refractivity contribution in [3.8, 4) is 0 Å². The van der Waals surface area contributed by atoms with E-state index in [9.17, 15) is 69.3 Å². The molecule has 0 aliphatic heterocycles. The molecule has 0 fully saturated rings. The molecule has 3 aromatic rings. The van der Waals surface area contributed by atoms with Crippen LogP contribution in [0.1, 0.15) is 33.4 Å². The molecule has 0 unspecified atom stereocenters. The van der Waals surface area contributed by atoms with Gasteiger partial charge in [0.15, 0.2) is 0 Å². The number of esters is 1. The molecule has 0 radical (unpaired) electrons. The number of rotatable bonds is 4.